The van der Waals surface area contributed by atoms with Crippen molar-refractivity contribution in [2.45, 2.75) is 19.9 Å². The van der Waals surface area contributed by atoms with Gasteiger partial charge in [0, 0.05) is 28.9 Å². The molecule has 0 radical (unpaired) electrons. The summed E-state index contributed by atoms with van der Waals surface area (Å²) < 4.78 is 0. The van der Waals surface area contributed by atoms with Gasteiger partial charge in [0.2, 0.25) is 5.91 Å². The number of anilines is 1. The summed E-state index contributed by atoms with van der Waals surface area (Å²) in [4.78, 5) is 15.9. The highest BCUT2D eigenvalue weighted by Crippen LogP contribution is 2.23. The second kappa shape index (κ2) is 6.45. The number of amides is 1. The standard InChI is InChI=1S/C14H17N3OS/c1-10(2)16-9-13(18)17-12-5-3-11(4-6-12)14-15-7-8-19-14/h3-8,10,16H,9H2,1-2H3,(H,17,18). The molecule has 0 aliphatic rings. The first-order valence-electron chi connectivity index (χ1n) is 6.18. The van der Waals surface area contributed by atoms with E-state index in [1.165, 1.54) is 0 Å². The van der Waals surface area contributed by atoms with Crippen LogP contribution in [0, 0.1) is 0 Å². The summed E-state index contributed by atoms with van der Waals surface area (Å²) in [6.07, 6.45) is 1.78. The van der Waals surface area contributed by atoms with E-state index in [4.69, 9.17) is 0 Å². The molecule has 0 aliphatic carbocycles. The highest BCUT2D eigenvalue weighted by molar-refractivity contribution is 7.13. The van der Waals surface area contributed by atoms with E-state index in [2.05, 4.69) is 15.6 Å². The second-order valence-electron chi connectivity index (χ2n) is 4.50. The van der Waals surface area contributed by atoms with E-state index in [1.54, 1.807) is 17.5 Å². The fraction of sp³-hybridized carbons (Fsp3) is 0.286. The van der Waals surface area contributed by atoms with Crippen LogP contribution in [0.5, 0.6) is 0 Å². The van der Waals surface area contributed by atoms with Crippen LogP contribution in [0.15, 0.2) is 35.8 Å². The van der Waals surface area contributed by atoms with Crippen LogP contribution in [0.3, 0.4) is 0 Å². The lowest BCUT2D eigenvalue weighted by atomic mass is 10.2. The fourth-order valence-electron chi connectivity index (χ4n) is 1.56. The number of benzene rings is 1. The van der Waals surface area contributed by atoms with Crippen molar-refractivity contribution in [2.24, 2.45) is 0 Å². The molecule has 2 rings (SSSR count). The van der Waals surface area contributed by atoms with Gasteiger partial charge in [-0.15, -0.1) is 11.3 Å². The van der Waals surface area contributed by atoms with Crippen LogP contribution in [0.25, 0.3) is 10.6 Å². The average Bonchev–Trinajstić information content (AvgIpc) is 2.91. The van der Waals surface area contributed by atoms with Gasteiger partial charge in [-0.2, -0.15) is 0 Å². The molecule has 0 atom stereocenters. The third-order valence-corrected chi connectivity index (χ3v) is 3.34. The van der Waals surface area contributed by atoms with Crippen molar-refractivity contribution in [3.63, 3.8) is 0 Å². The number of carbonyl (C=O) groups excluding carboxylic acids is 1. The molecule has 0 saturated carbocycles. The topological polar surface area (TPSA) is 54.0 Å². The van der Waals surface area contributed by atoms with Gasteiger partial charge in [0.1, 0.15) is 5.01 Å². The molecule has 5 heteroatoms. The summed E-state index contributed by atoms with van der Waals surface area (Å²) in [7, 11) is 0. The van der Waals surface area contributed by atoms with Gasteiger partial charge < -0.3 is 10.6 Å². The Kier molecular flexibility index (Phi) is 4.65. The first kappa shape index (κ1) is 13.7. The zero-order chi connectivity index (χ0) is 13.7. The molecule has 1 aromatic heterocycles. The van der Waals surface area contributed by atoms with E-state index in [-0.39, 0.29) is 5.91 Å². The minimum Gasteiger partial charge on any atom is -0.325 e. The molecule has 2 aromatic rings. The molecule has 1 aromatic carbocycles. The molecule has 1 heterocycles. The number of hydrogen-bond acceptors (Lipinski definition) is 4. The molecule has 0 fully saturated rings. The SMILES string of the molecule is CC(C)NCC(=O)Nc1ccc(-c2nccs2)cc1. The Labute approximate surface area is 116 Å². The maximum absolute atomic E-state index is 11.6. The zero-order valence-corrected chi connectivity index (χ0v) is 11.8. The van der Waals surface area contributed by atoms with Gasteiger partial charge in [-0.25, -0.2) is 4.98 Å². The number of nitrogens with zero attached hydrogens (tertiary/aromatic N) is 1. The first-order chi connectivity index (χ1) is 9.15. The minimum atomic E-state index is -0.0318. The Bertz CT molecular complexity index is 520. The van der Waals surface area contributed by atoms with E-state index < -0.39 is 0 Å². The van der Waals surface area contributed by atoms with Crippen molar-refractivity contribution >= 4 is 22.9 Å². The third-order valence-electron chi connectivity index (χ3n) is 2.52. The summed E-state index contributed by atoms with van der Waals surface area (Å²) in [5.41, 5.74) is 1.86. The van der Waals surface area contributed by atoms with Crippen LogP contribution in [0.2, 0.25) is 0 Å². The quantitative estimate of drug-likeness (QED) is 0.882. The van der Waals surface area contributed by atoms with Crippen LogP contribution < -0.4 is 10.6 Å². The Morgan fingerprint density at radius 3 is 2.63 bits per heavy atom. The van der Waals surface area contributed by atoms with E-state index in [0.29, 0.717) is 12.6 Å². The number of rotatable bonds is 5. The maximum Gasteiger partial charge on any atom is 0.238 e. The lowest BCUT2D eigenvalue weighted by Gasteiger charge is -2.09. The van der Waals surface area contributed by atoms with E-state index >= 15 is 0 Å². The predicted molar refractivity (Wildman–Crippen MR) is 79.3 cm³/mol. The summed E-state index contributed by atoms with van der Waals surface area (Å²) in [5.74, 6) is -0.0318. The van der Waals surface area contributed by atoms with Crippen molar-refractivity contribution in [2.75, 3.05) is 11.9 Å². The zero-order valence-electron chi connectivity index (χ0n) is 11.0. The molecule has 0 aliphatic heterocycles. The molecular weight excluding hydrogens is 258 g/mol. The summed E-state index contributed by atoms with van der Waals surface area (Å²) >= 11 is 1.60. The monoisotopic (exact) mass is 275 g/mol. The normalized spacial score (nSPS) is 10.7. The lowest BCUT2D eigenvalue weighted by molar-refractivity contribution is -0.115. The maximum atomic E-state index is 11.6. The molecule has 0 unspecified atom stereocenters. The van der Waals surface area contributed by atoms with Crippen molar-refractivity contribution in [1.82, 2.24) is 10.3 Å². The van der Waals surface area contributed by atoms with Crippen LogP contribution >= 0.6 is 11.3 Å². The van der Waals surface area contributed by atoms with Crippen LogP contribution in [0.1, 0.15) is 13.8 Å². The Hall–Kier alpha value is -1.72. The van der Waals surface area contributed by atoms with Crippen molar-refractivity contribution < 1.29 is 4.79 Å². The number of aromatic nitrogens is 1. The van der Waals surface area contributed by atoms with Crippen LogP contribution in [-0.4, -0.2) is 23.5 Å². The number of nitrogens with one attached hydrogen (secondary N) is 2. The first-order valence-corrected chi connectivity index (χ1v) is 7.06. The molecule has 0 saturated heterocycles. The van der Waals surface area contributed by atoms with E-state index in [1.807, 2.05) is 43.5 Å². The molecular formula is C14H17N3OS. The van der Waals surface area contributed by atoms with Gasteiger partial charge in [0.05, 0.1) is 6.54 Å². The minimum absolute atomic E-state index is 0.0318. The smallest absolute Gasteiger partial charge is 0.238 e. The van der Waals surface area contributed by atoms with Gasteiger partial charge in [0.15, 0.2) is 0 Å². The van der Waals surface area contributed by atoms with Gasteiger partial charge in [-0.3, -0.25) is 4.79 Å². The fourth-order valence-corrected chi connectivity index (χ4v) is 2.21. The molecule has 0 bridgehead atoms. The summed E-state index contributed by atoms with van der Waals surface area (Å²) in [6, 6.07) is 8.01. The predicted octanol–water partition coefficient (Wildman–Crippen LogP) is 2.75. The van der Waals surface area contributed by atoms with Crippen LogP contribution in [0.4, 0.5) is 5.69 Å². The van der Waals surface area contributed by atoms with E-state index in [0.717, 1.165) is 16.3 Å². The largest absolute Gasteiger partial charge is 0.325 e. The average molecular weight is 275 g/mol. The van der Waals surface area contributed by atoms with Gasteiger partial charge >= 0.3 is 0 Å². The van der Waals surface area contributed by atoms with Crippen molar-refractivity contribution in [1.29, 1.82) is 0 Å². The van der Waals surface area contributed by atoms with Gasteiger partial charge in [0.25, 0.3) is 0 Å². The Morgan fingerprint density at radius 1 is 1.32 bits per heavy atom. The number of carbonyl (C=O) groups is 1. The van der Waals surface area contributed by atoms with Crippen molar-refractivity contribution in [3.8, 4) is 10.6 Å². The molecule has 0 spiro atoms. The van der Waals surface area contributed by atoms with Gasteiger partial charge in [-0.1, -0.05) is 13.8 Å². The Morgan fingerprint density at radius 2 is 2.05 bits per heavy atom. The molecule has 2 N–H and O–H groups in total. The molecule has 100 valence electrons. The summed E-state index contributed by atoms with van der Waals surface area (Å²) in [5, 5.41) is 8.86. The van der Waals surface area contributed by atoms with Crippen molar-refractivity contribution in [3.05, 3.63) is 35.8 Å². The van der Waals surface area contributed by atoms with Gasteiger partial charge in [-0.05, 0) is 24.3 Å². The highest BCUT2D eigenvalue weighted by Gasteiger charge is 2.04. The summed E-state index contributed by atoms with van der Waals surface area (Å²) in [6.45, 7) is 4.35. The third kappa shape index (κ3) is 4.15. The highest BCUT2D eigenvalue weighted by atomic mass is 32.1. The Balaban J connectivity index is 1.94. The number of thiazole rings is 1. The molecule has 4 nitrogen and oxygen atoms in total. The molecule has 19 heavy (non-hydrogen) atoms. The second-order valence-corrected chi connectivity index (χ2v) is 5.39. The lowest BCUT2D eigenvalue weighted by Crippen LogP contribution is -2.32. The number of hydrogen-bond donors (Lipinski definition) is 2. The van der Waals surface area contributed by atoms with E-state index in [9.17, 15) is 4.79 Å². The van der Waals surface area contributed by atoms with Crippen LogP contribution in [-0.2, 0) is 4.79 Å². The molecule has 1 amide bonds.